The van der Waals surface area contributed by atoms with Crippen molar-refractivity contribution in [2.45, 2.75) is 38.8 Å². The second-order valence-electron chi connectivity index (χ2n) is 7.46. The third kappa shape index (κ3) is 7.09. The van der Waals surface area contributed by atoms with Crippen molar-refractivity contribution in [1.82, 2.24) is 10.6 Å². The van der Waals surface area contributed by atoms with Crippen LogP contribution in [0, 0.1) is 0 Å². The number of amides is 2. The van der Waals surface area contributed by atoms with Crippen LogP contribution >= 0.6 is 0 Å². The van der Waals surface area contributed by atoms with E-state index in [9.17, 15) is 29.4 Å². The molecule has 0 unspecified atom stereocenters. The summed E-state index contributed by atoms with van der Waals surface area (Å²) in [4.78, 5) is 48.3. The smallest absolute Gasteiger partial charge is 0.332 e. The summed E-state index contributed by atoms with van der Waals surface area (Å²) >= 11 is 0. The van der Waals surface area contributed by atoms with Gasteiger partial charge in [-0.05, 0) is 38.1 Å². The lowest BCUT2D eigenvalue weighted by Gasteiger charge is -2.19. The summed E-state index contributed by atoms with van der Waals surface area (Å²) < 4.78 is 0. The maximum Gasteiger partial charge on any atom is 0.332 e. The summed E-state index contributed by atoms with van der Waals surface area (Å²) in [5.74, 6) is -3.54. The number of aliphatic carboxylic acids is 2. The molecule has 0 aromatic heterocycles. The molecule has 0 aliphatic heterocycles. The Morgan fingerprint density at radius 2 is 0.969 bits per heavy atom. The number of nitrogens with one attached hydrogen (secondary N) is 2. The molecule has 4 N–H and O–H groups in total. The molecule has 0 saturated carbocycles. The van der Waals surface area contributed by atoms with Crippen LogP contribution in [0.1, 0.15) is 47.4 Å². The first-order valence-corrected chi connectivity index (χ1v) is 10.1. The summed E-state index contributed by atoms with van der Waals surface area (Å²) in [5, 5.41) is 24.7. The third-order valence-electron chi connectivity index (χ3n) is 4.73. The number of rotatable bonds is 10. The van der Waals surface area contributed by atoms with Crippen molar-refractivity contribution in [3.05, 3.63) is 82.9 Å². The predicted molar refractivity (Wildman–Crippen MR) is 118 cm³/mol. The van der Waals surface area contributed by atoms with Crippen LogP contribution < -0.4 is 10.6 Å². The van der Waals surface area contributed by atoms with Crippen molar-refractivity contribution in [1.29, 1.82) is 0 Å². The monoisotopic (exact) mass is 438 g/mol. The Balaban J connectivity index is 2.13. The molecule has 0 radical (unpaired) electrons. The molecule has 2 rings (SSSR count). The second-order valence-corrected chi connectivity index (χ2v) is 7.46. The molecule has 8 nitrogen and oxygen atoms in total. The Labute approximate surface area is 186 Å². The van der Waals surface area contributed by atoms with Gasteiger partial charge in [-0.15, -0.1) is 0 Å². The van der Waals surface area contributed by atoms with E-state index in [2.05, 4.69) is 10.6 Å². The molecule has 0 heterocycles. The van der Waals surface area contributed by atoms with E-state index in [0.717, 1.165) is 0 Å². The molecule has 0 bridgehead atoms. The predicted octanol–water partition coefficient (Wildman–Crippen LogP) is 2.87. The van der Waals surface area contributed by atoms with Crippen molar-refractivity contribution in [2.75, 3.05) is 0 Å². The van der Waals surface area contributed by atoms with Gasteiger partial charge in [-0.25, -0.2) is 9.59 Å². The molecule has 0 aliphatic carbocycles. The largest absolute Gasteiger partial charge is 0.478 e. The maximum atomic E-state index is 12.3. The van der Waals surface area contributed by atoms with Crippen molar-refractivity contribution in [3.63, 3.8) is 0 Å². The number of carbonyl (C=O) groups excluding carboxylic acids is 2. The molecular formula is C24H26N2O6. The van der Waals surface area contributed by atoms with Gasteiger partial charge in [0.25, 0.3) is 11.8 Å². The lowest BCUT2D eigenvalue weighted by atomic mass is 9.96. The quantitative estimate of drug-likeness (QED) is 0.422. The number of carbonyl (C=O) groups is 4. The van der Waals surface area contributed by atoms with Crippen molar-refractivity contribution >= 4 is 23.8 Å². The van der Waals surface area contributed by atoms with E-state index in [0.29, 0.717) is 11.1 Å². The summed E-state index contributed by atoms with van der Waals surface area (Å²) in [6, 6.07) is 15.6. The number of hydrogen-bond donors (Lipinski definition) is 4. The van der Waals surface area contributed by atoms with Crippen LogP contribution in [-0.2, 0) is 9.59 Å². The van der Waals surface area contributed by atoms with E-state index >= 15 is 0 Å². The number of hydrogen-bond acceptors (Lipinski definition) is 4. The number of benzene rings is 2. The molecule has 2 atom stereocenters. The van der Waals surface area contributed by atoms with E-state index < -0.39 is 24.0 Å². The fraction of sp³-hybridized carbons (Fsp3) is 0.250. The van der Waals surface area contributed by atoms with Crippen molar-refractivity contribution in [2.24, 2.45) is 0 Å². The third-order valence-corrected chi connectivity index (χ3v) is 4.73. The Morgan fingerprint density at radius 3 is 1.25 bits per heavy atom. The first-order valence-electron chi connectivity index (χ1n) is 10.1. The molecule has 168 valence electrons. The molecule has 0 aliphatic rings. The lowest BCUT2D eigenvalue weighted by molar-refractivity contribution is -0.136. The Kier molecular flexibility index (Phi) is 8.71. The van der Waals surface area contributed by atoms with Gasteiger partial charge in [-0.3, -0.25) is 9.59 Å². The summed E-state index contributed by atoms with van der Waals surface area (Å²) in [6.45, 7) is 3.20. The second kappa shape index (κ2) is 11.5. The maximum absolute atomic E-state index is 12.3. The van der Waals surface area contributed by atoms with Crippen LogP contribution in [0.4, 0.5) is 0 Å². The molecule has 8 heteroatoms. The highest BCUT2D eigenvalue weighted by Crippen LogP contribution is 2.18. The van der Waals surface area contributed by atoms with Gasteiger partial charge in [0.15, 0.2) is 0 Å². The first kappa shape index (κ1) is 24.3. The van der Waals surface area contributed by atoms with Crippen LogP contribution in [0.2, 0.25) is 0 Å². The minimum Gasteiger partial charge on any atom is -0.478 e. The fourth-order valence-corrected chi connectivity index (χ4v) is 3.19. The summed E-state index contributed by atoms with van der Waals surface area (Å²) in [5.41, 5.74) is 0.185. The normalized spacial score (nSPS) is 13.3. The van der Waals surface area contributed by atoms with Crippen LogP contribution in [0.15, 0.2) is 71.8 Å². The van der Waals surface area contributed by atoms with E-state index in [1.807, 2.05) is 0 Å². The van der Waals surface area contributed by atoms with E-state index in [-0.39, 0.29) is 35.8 Å². The van der Waals surface area contributed by atoms with Crippen LogP contribution in [0.5, 0.6) is 0 Å². The van der Waals surface area contributed by atoms with Gasteiger partial charge in [0, 0.05) is 47.2 Å². The highest BCUT2D eigenvalue weighted by Gasteiger charge is 2.25. The number of carboxylic acids is 2. The average Bonchev–Trinajstić information content (AvgIpc) is 2.76. The minimum atomic E-state index is -1.38. The zero-order valence-electron chi connectivity index (χ0n) is 17.9. The van der Waals surface area contributed by atoms with Crippen molar-refractivity contribution < 1.29 is 29.4 Å². The summed E-state index contributed by atoms with van der Waals surface area (Å²) in [7, 11) is 0. The van der Waals surface area contributed by atoms with E-state index in [1.165, 1.54) is 0 Å². The first-order chi connectivity index (χ1) is 15.2. The van der Waals surface area contributed by atoms with Gasteiger partial charge < -0.3 is 20.8 Å². The molecule has 2 aromatic carbocycles. The van der Waals surface area contributed by atoms with Gasteiger partial charge in [0.2, 0.25) is 0 Å². The fourth-order valence-electron chi connectivity index (χ4n) is 3.19. The lowest BCUT2D eigenvalue weighted by Crippen LogP contribution is -2.35. The molecule has 2 aromatic rings. The van der Waals surface area contributed by atoms with Crippen LogP contribution in [0.25, 0.3) is 0 Å². The van der Waals surface area contributed by atoms with Gasteiger partial charge in [-0.2, -0.15) is 0 Å². The number of carboxylic acid groups (broad SMARTS) is 2. The van der Waals surface area contributed by atoms with Gasteiger partial charge >= 0.3 is 11.9 Å². The topological polar surface area (TPSA) is 133 Å². The van der Waals surface area contributed by atoms with Gasteiger partial charge in [0.1, 0.15) is 0 Å². The Morgan fingerprint density at radius 1 is 0.656 bits per heavy atom. The Hall–Kier alpha value is -3.94. The van der Waals surface area contributed by atoms with Gasteiger partial charge in [-0.1, -0.05) is 36.4 Å². The van der Waals surface area contributed by atoms with Crippen LogP contribution in [-0.4, -0.2) is 46.0 Å². The molecule has 0 fully saturated rings. The van der Waals surface area contributed by atoms with Gasteiger partial charge in [0.05, 0.1) is 0 Å². The summed E-state index contributed by atoms with van der Waals surface area (Å²) in [6.07, 6.45) is -0.371. The zero-order chi connectivity index (χ0) is 23.7. The van der Waals surface area contributed by atoms with Crippen LogP contribution in [0.3, 0.4) is 0 Å². The molecule has 0 spiro atoms. The molecule has 2 amide bonds. The highest BCUT2D eigenvalue weighted by atomic mass is 16.4. The minimum absolute atomic E-state index is 0.186. The zero-order valence-corrected chi connectivity index (χ0v) is 17.9. The van der Waals surface area contributed by atoms with E-state index in [4.69, 9.17) is 0 Å². The van der Waals surface area contributed by atoms with E-state index in [1.54, 1.807) is 74.5 Å². The highest BCUT2D eigenvalue weighted by molar-refractivity contribution is 5.99. The molecule has 0 saturated heterocycles. The molecule has 32 heavy (non-hydrogen) atoms. The SMILES string of the molecule is C[C@@H](CC(C(=O)O)=C(C[C@H](C)NC(=O)c1ccccc1)C(=O)O)NC(=O)c1ccccc1. The standard InChI is InChI=1S/C24H26N2O6/c1-15(25-21(27)17-9-5-3-6-10-17)13-19(23(29)30)20(24(31)32)14-16(2)26-22(28)18-11-7-4-8-12-18/h3-12,15-16H,13-14H2,1-2H3,(H,25,27)(H,26,28)(H,29,30)(H,31,32)/t15-,16-/m0/s1. The Bertz CT molecular complexity index is 920. The van der Waals surface area contributed by atoms with Crippen molar-refractivity contribution in [3.8, 4) is 0 Å². The molecular weight excluding hydrogens is 412 g/mol. The average molecular weight is 438 g/mol.